The Labute approximate surface area is 105 Å². The first-order valence-corrected chi connectivity index (χ1v) is 5.61. The third-order valence-electron chi connectivity index (χ3n) is 2.56. The highest BCUT2D eigenvalue weighted by Crippen LogP contribution is 2.25. The molecule has 0 saturated carbocycles. The molecule has 0 amide bonds. The molecule has 1 heterocycles. The molecule has 0 fully saturated rings. The van der Waals surface area contributed by atoms with Crippen LogP contribution in [-0.2, 0) is 6.42 Å². The summed E-state index contributed by atoms with van der Waals surface area (Å²) >= 11 is 0. The van der Waals surface area contributed by atoms with E-state index in [1.54, 1.807) is 18.2 Å². The van der Waals surface area contributed by atoms with E-state index in [2.05, 4.69) is 9.97 Å². The molecule has 0 atom stereocenters. The van der Waals surface area contributed by atoms with Crippen molar-refractivity contribution in [3.05, 3.63) is 35.9 Å². The number of rotatable bonds is 3. The van der Waals surface area contributed by atoms with Crippen molar-refractivity contribution >= 4 is 5.82 Å². The number of ether oxygens (including phenoxy) is 1. The van der Waals surface area contributed by atoms with Crippen LogP contribution in [0.25, 0.3) is 11.3 Å². The van der Waals surface area contributed by atoms with Crippen LogP contribution in [-0.4, -0.2) is 17.1 Å². The predicted molar refractivity (Wildman–Crippen MR) is 67.8 cm³/mol. The number of nitrogen functional groups attached to an aromatic ring is 1. The molecule has 0 saturated heterocycles. The highest BCUT2D eigenvalue weighted by atomic mass is 19.1. The number of aryl methyl sites for hydroxylation is 1. The second kappa shape index (κ2) is 5.00. The van der Waals surface area contributed by atoms with Gasteiger partial charge in [0.25, 0.3) is 0 Å². The van der Waals surface area contributed by atoms with Crippen LogP contribution in [0.15, 0.2) is 24.3 Å². The summed E-state index contributed by atoms with van der Waals surface area (Å²) in [6, 6.07) is 6.18. The zero-order valence-electron chi connectivity index (χ0n) is 10.3. The van der Waals surface area contributed by atoms with Crippen LogP contribution in [0.5, 0.6) is 5.75 Å². The maximum absolute atomic E-state index is 13.9. The fourth-order valence-electron chi connectivity index (χ4n) is 1.64. The molecule has 0 aliphatic heterocycles. The number of halogens is 1. The summed E-state index contributed by atoms with van der Waals surface area (Å²) < 4.78 is 18.9. The zero-order chi connectivity index (χ0) is 13.1. The highest BCUT2D eigenvalue weighted by Gasteiger charge is 2.10. The van der Waals surface area contributed by atoms with E-state index in [-0.39, 0.29) is 0 Å². The third kappa shape index (κ3) is 2.40. The zero-order valence-corrected chi connectivity index (χ0v) is 10.3. The van der Waals surface area contributed by atoms with Crippen molar-refractivity contribution in [2.24, 2.45) is 0 Å². The predicted octanol–water partition coefficient (Wildman–Crippen LogP) is 2.44. The van der Waals surface area contributed by atoms with Crippen molar-refractivity contribution in [2.45, 2.75) is 13.3 Å². The Balaban J connectivity index is 2.51. The molecule has 2 rings (SSSR count). The summed E-state index contributed by atoms with van der Waals surface area (Å²) in [5.74, 6) is 1.01. The highest BCUT2D eigenvalue weighted by molar-refractivity contribution is 5.63. The lowest BCUT2D eigenvalue weighted by Crippen LogP contribution is -2.01. The summed E-state index contributed by atoms with van der Waals surface area (Å²) in [5.41, 5.74) is 6.55. The van der Waals surface area contributed by atoms with E-state index >= 15 is 0 Å². The van der Waals surface area contributed by atoms with E-state index in [0.29, 0.717) is 35.1 Å². The lowest BCUT2D eigenvalue weighted by atomic mass is 10.1. The molecule has 0 spiro atoms. The van der Waals surface area contributed by atoms with Crippen LogP contribution < -0.4 is 10.5 Å². The Morgan fingerprint density at radius 2 is 2.06 bits per heavy atom. The van der Waals surface area contributed by atoms with Gasteiger partial charge in [0.2, 0.25) is 0 Å². The van der Waals surface area contributed by atoms with Gasteiger partial charge in [-0.2, -0.15) is 0 Å². The van der Waals surface area contributed by atoms with E-state index in [1.165, 1.54) is 13.2 Å². The normalized spacial score (nSPS) is 10.4. The minimum absolute atomic E-state index is 0.340. The average molecular weight is 247 g/mol. The Kier molecular flexibility index (Phi) is 3.41. The minimum Gasteiger partial charge on any atom is -0.497 e. The summed E-state index contributed by atoms with van der Waals surface area (Å²) in [5, 5.41) is 0. The van der Waals surface area contributed by atoms with Crippen molar-refractivity contribution < 1.29 is 9.13 Å². The van der Waals surface area contributed by atoms with Crippen LogP contribution in [0.2, 0.25) is 0 Å². The van der Waals surface area contributed by atoms with Gasteiger partial charge in [0.05, 0.1) is 12.8 Å². The first-order chi connectivity index (χ1) is 8.63. The maximum atomic E-state index is 13.9. The molecular weight excluding hydrogens is 233 g/mol. The Morgan fingerprint density at radius 3 is 2.67 bits per heavy atom. The van der Waals surface area contributed by atoms with Crippen LogP contribution >= 0.6 is 0 Å². The molecule has 2 aromatic rings. The van der Waals surface area contributed by atoms with Gasteiger partial charge in [-0.3, -0.25) is 0 Å². The Morgan fingerprint density at radius 1 is 1.28 bits per heavy atom. The summed E-state index contributed by atoms with van der Waals surface area (Å²) in [4.78, 5) is 8.33. The summed E-state index contributed by atoms with van der Waals surface area (Å²) in [7, 11) is 1.49. The van der Waals surface area contributed by atoms with Crippen molar-refractivity contribution in [1.82, 2.24) is 9.97 Å². The molecule has 1 aromatic heterocycles. The van der Waals surface area contributed by atoms with Gasteiger partial charge in [-0.15, -0.1) is 0 Å². The average Bonchev–Trinajstić information content (AvgIpc) is 2.37. The lowest BCUT2D eigenvalue weighted by Gasteiger charge is -2.07. The second-order valence-electron chi connectivity index (χ2n) is 3.79. The first kappa shape index (κ1) is 12.3. The van der Waals surface area contributed by atoms with Crippen LogP contribution in [0.3, 0.4) is 0 Å². The molecule has 0 radical (unpaired) electrons. The third-order valence-corrected chi connectivity index (χ3v) is 2.56. The topological polar surface area (TPSA) is 61.0 Å². The largest absolute Gasteiger partial charge is 0.497 e. The van der Waals surface area contributed by atoms with E-state index in [4.69, 9.17) is 10.5 Å². The molecule has 94 valence electrons. The quantitative estimate of drug-likeness (QED) is 0.904. The van der Waals surface area contributed by atoms with Gasteiger partial charge in [-0.25, -0.2) is 14.4 Å². The van der Waals surface area contributed by atoms with Gasteiger partial charge >= 0.3 is 0 Å². The summed E-state index contributed by atoms with van der Waals surface area (Å²) in [6.07, 6.45) is 0.649. The standard InChI is InChI=1S/C13H14FN3O/c1-3-13-16-11(7-12(15)17-13)9-5-4-8(18-2)6-10(9)14/h4-7H,3H2,1-2H3,(H2,15,16,17). The number of hydrogen-bond acceptors (Lipinski definition) is 4. The van der Waals surface area contributed by atoms with Crippen molar-refractivity contribution in [1.29, 1.82) is 0 Å². The molecule has 0 unspecified atom stereocenters. The molecule has 5 heteroatoms. The number of anilines is 1. The number of nitrogens with zero attached hydrogens (tertiary/aromatic N) is 2. The fraction of sp³-hybridized carbons (Fsp3) is 0.231. The molecule has 4 nitrogen and oxygen atoms in total. The molecule has 0 aliphatic carbocycles. The molecular formula is C13H14FN3O. The minimum atomic E-state index is -0.394. The van der Waals surface area contributed by atoms with Crippen molar-refractivity contribution in [2.75, 3.05) is 12.8 Å². The van der Waals surface area contributed by atoms with Gasteiger partial charge in [0, 0.05) is 24.1 Å². The first-order valence-electron chi connectivity index (χ1n) is 5.61. The fourth-order valence-corrected chi connectivity index (χ4v) is 1.64. The molecule has 0 bridgehead atoms. The van der Waals surface area contributed by atoms with Gasteiger partial charge in [-0.05, 0) is 12.1 Å². The van der Waals surface area contributed by atoms with Gasteiger partial charge in [0.1, 0.15) is 23.2 Å². The van der Waals surface area contributed by atoms with Crippen LogP contribution in [0.1, 0.15) is 12.7 Å². The molecule has 2 N–H and O–H groups in total. The maximum Gasteiger partial charge on any atom is 0.136 e. The van der Waals surface area contributed by atoms with Crippen molar-refractivity contribution in [3.63, 3.8) is 0 Å². The second-order valence-corrected chi connectivity index (χ2v) is 3.79. The van der Waals surface area contributed by atoms with E-state index in [9.17, 15) is 4.39 Å². The number of nitrogens with two attached hydrogens (primary N) is 1. The number of hydrogen-bond donors (Lipinski definition) is 1. The van der Waals surface area contributed by atoms with Crippen LogP contribution in [0, 0.1) is 5.82 Å². The number of methoxy groups -OCH3 is 1. The van der Waals surface area contributed by atoms with Gasteiger partial charge in [-0.1, -0.05) is 6.92 Å². The molecule has 18 heavy (non-hydrogen) atoms. The van der Waals surface area contributed by atoms with Gasteiger partial charge < -0.3 is 10.5 Å². The monoisotopic (exact) mass is 247 g/mol. The van der Waals surface area contributed by atoms with E-state index in [0.717, 1.165) is 0 Å². The van der Waals surface area contributed by atoms with Crippen molar-refractivity contribution in [3.8, 4) is 17.0 Å². The smallest absolute Gasteiger partial charge is 0.136 e. The number of aromatic nitrogens is 2. The number of benzene rings is 1. The lowest BCUT2D eigenvalue weighted by molar-refractivity contribution is 0.411. The van der Waals surface area contributed by atoms with Crippen LogP contribution in [0.4, 0.5) is 10.2 Å². The van der Waals surface area contributed by atoms with Gasteiger partial charge in [0.15, 0.2) is 0 Å². The molecule has 1 aromatic carbocycles. The Bertz CT molecular complexity index is 572. The van der Waals surface area contributed by atoms with E-state index < -0.39 is 5.82 Å². The Hall–Kier alpha value is -2.17. The molecule has 0 aliphatic rings. The SMILES string of the molecule is CCc1nc(N)cc(-c2ccc(OC)cc2F)n1. The van der Waals surface area contributed by atoms with E-state index in [1.807, 2.05) is 6.92 Å². The summed E-state index contributed by atoms with van der Waals surface area (Å²) in [6.45, 7) is 1.92.